The molecule has 0 bridgehead atoms. The summed E-state index contributed by atoms with van der Waals surface area (Å²) in [4.78, 5) is 0. The number of aryl methyl sites for hydroxylation is 1. The van der Waals surface area contributed by atoms with Crippen molar-refractivity contribution in [1.82, 2.24) is 0 Å². The Kier molecular flexibility index (Phi) is 2.54. The van der Waals surface area contributed by atoms with Gasteiger partial charge in [-0.05, 0) is 54.9 Å². The number of hydrogen-bond acceptors (Lipinski definition) is 1. The first-order valence-electron chi connectivity index (χ1n) is 5.24. The minimum absolute atomic E-state index is 0.885. The molecule has 1 aromatic carbocycles. The van der Waals surface area contributed by atoms with Gasteiger partial charge in [0.15, 0.2) is 0 Å². The summed E-state index contributed by atoms with van der Waals surface area (Å²) in [5.74, 6) is 0. The number of hydrogen-bond donors (Lipinski definition) is 0. The maximum absolute atomic E-state index is 9.05. The zero-order chi connectivity index (χ0) is 9.97. The zero-order valence-corrected chi connectivity index (χ0v) is 8.51. The van der Waals surface area contributed by atoms with Crippen LogP contribution in [0.1, 0.15) is 42.0 Å². The fraction of sp³-hybridized carbons (Fsp3) is 0.385. The van der Waals surface area contributed by atoms with Crippen LogP contribution in [0.25, 0.3) is 0 Å². The Hall–Kier alpha value is -1.29. The summed E-state index contributed by atoms with van der Waals surface area (Å²) in [6, 6.07) is 6.58. The number of nitriles is 1. The SMILES string of the molecule is CCc1cc(C#N)c2c(c1)[CH]CCC2. The molecule has 0 aliphatic heterocycles. The molecule has 14 heavy (non-hydrogen) atoms. The van der Waals surface area contributed by atoms with Crippen LogP contribution in [-0.4, -0.2) is 0 Å². The molecule has 0 atom stereocenters. The van der Waals surface area contributed by atoms with E-state index in [1.807, 2.05) is 6.07 Å². The van der Waals surface area contributed by atoms with Crippen LogP contribution in [0.15, 0.2) is 12.1 Å². The lowest BCUT2D eigenvalue weighted by molar-refractivity contribution is 0.771. The molecule has 0 heterocycles. The van der Waals surface area contributed by atoms with Gasteiger partial charge in [0.2, 0.25) is 0 Å². The molecule has 1 heteroatoms. The number of rotatable bonds is 1. The summed E-state index contributed by atoms with van der Waals surface area (Å²) in [5.41, 5.74) is 4.72. The van der Waals surface area contributed by atoms with Gasteiger partial charge in [0, 0.05) is 0 Å². The monoisotopic (exact) mass is 184 g/mol. The van der Waals surface area contributed by atoms with E-state index in [0.29, 0.717) is 0 Å². The van der Waals surface area contributed by atoms with E-state index in [1.54, 1.807) is 0 Å². The fourth-order valence-corrected chi connectivity index (χ4v) is 2.06. The Morgan fingerprint density at radius 3 is 3.00 bits per heavy atom. The van der Waals surface area contributed by atoms with Crippen LogP contribution in [0.2, 0.25) is 0 Å². The summed E-state index contributed by atoms with van der Waals surface area (Å²) < 4.78 is 0. The lowest BCUT2D eigenvalue weighted by Gasteiger charge is -2.17. The van der Waals surface area contributed by atoms with E-state index >= 15 is 0 Å². The Bertz CT molecular complexity index is 385. The molecule has 0 spiro atoms. The molecule has 0 saturated carbocycles. The summed E-state index contributed by atoms with van der Waals surface area (Å²) in [5, 5.41) is 9.05. The minimum Gasteiger partial charge on any atom is -0.192 e. The first-order chi connectivity index (χ1) is 6.85. The maximum atomic E-state index is 9.05. The highest BCUT2D eigenvalue weighted by molar-refractivity contribution is 5.49. The van der Waals surface area contributed by atoms with Crippen molar-refractivity contribution in [2.24, 2.45) is 0 Å². The van der Waals surface area contributed by atoms with Gasteiger partial charge in [-0.15, -0.1) is 0 Å². The highest BCUT2D eigenvalue weighted by Gasteiger charge is 2.14. The van der Waals surface area contributed by atoms with E-state index in [2.05, 4.69) is 25.5 Å². The summed E-state index contributed by atoms with van der Waals surface area (Å²) in [7, 11) is 0. The van der Waals surface area contributed by atoms with Crippen molar-refractivity contribution < 1.29 is 0 Å². The van der Waals surface area contributed by atoms with Gasteiger partial charge in [-0.3, -0.25) is 0 Å². The van der Waals surface area contributed by atoms with Gasteiger partial charge in [-0.25, -0.2) is 0 Å². The van der Waals surface area contributed by atoms with Crippen LogP contribution >= 0.6 is 0 Å². The second kappa shape index (κ2) is 3.84. The third kappa shape index (κ3) is 1.53. The van der Waals surface area contributed by atoms with Crippen LogP contribution in [0.5, 0.6) is 0 Å². The van der Waals surface area contributed by atoms with E-state index in [9.17, 15) is 0 Å². The summed E-state index contributed by atoms with van der Waals surface area (Å²) >= 11 is 0. The average Bonchev–Trinajstić information content (AvgIpc) is 2.27. The van der Waals surface area contributed by atoms with Crippen molar-refractivity contribution >= 4 is 0 Å². The molecular formula is C13H14N. The Labute approximate surface area is 85.4 Å². The molecule has 0 N–H and O–H groups in total. The van der Waals surface area contributed by atoms with Crippen LogP contribution in [0.3, 0.4) is 0 Å². The number of nitrogens with zero attached hydrogens (tertiary/aromatic N) is 1. The van der Waals surface area contributed by atoms with E-state index < -0.39 is 0 Å². The van der Waals surface area contributed by atoms with E-state index in [4.69, 9.17) is 5.26 Å². The van der Waals surface area contributed by atoms with Crippen molar-refractivity contribution in [2.45, 2.75) is 32.6 Å². The van der Waals surface area contributed by atoms with Gasteiger partial charge in [0.25, 0.3) is 0 Å². The lowest BCUT2D eigenvalue weighted by Crippen LogP contribution is -2.04. The van der Waals surface area contributed by atoms with Crippen molar-refractivity contribution in [3.8, 4) is 6.07 Å². The Morgan fingerprint density at radius 1 is 1.43 bits per heavy atom. The predicted molar refractivity (Wildman–Crippen MR) is 56.9 cm³/mol. The van der Waals surface area contributed by atoms with Crippen molar-refractivity contribution in [1.29, 1.82) is 5.26 Å². The molecule has 0 fully saturated rings. The van der Waals surface area contributed by atoms with Gasteiger partial charge < -0.3 is 0 Å². The molecule has 1 aliphatic rings. The van der Waals surface area contributed by atoms with Crippen LogP contribution in [-0.2, 0) is 12.8 Å². The van der Waals surface area contributed by atoms with Gasteiger partial charge in [-0.1, -0.05) is 13.0 Å². The molecule has 0 saturated heterocycles. The van der Waals surface area contributed by atoms with Crippen molar-refractivity contribution in [3.63, 3.8) is 0 Å². The summed E-state index contributed by atoms with van der Waals surface area (Å²) in [6.45, 7) is 2.13. The molecule has 1 aliphatic carbocycles. The predicted octanol–water partition coefficient (Wildman–Crippen LogP) is 3.01. The molecule has 1 radical (unpaired) electrons. The first kappa shape index (κ1) is 9.27. The van der Waals surface area contributed by atoms with Gasteiger partial charge in [0.05, 0.1) is 11.6 Å². The molecule has 0 aromatic heterocycles. The highest BCUT2D eigenvalue weighted by Crippen LogP contribution is 2.27. The number of fused-ring (bicyclic) bond motifs is 1. The van der Waals surface area contributed by atoms with E-state index in [0.717, 1.165) is 24.8 Å². The third-order valence-electron chi connectivity index (χ3n) is 2.87. The standard InChI is InChI=1S/C13H14N/c1-2-10-7-11-5-3-4-6-13(11)12(8-10)9-14/h5,7-8H,2-4,6H2,1H3. The maximum Gasteiger partial charge on any atom is 0.0994 e. The Morgan fingerprint density at radius 2 is 2.29 bits per heavy atom. The van der Waals surface area contributed by atoms with Gasteiger partial charge >= 0.3 is 0 Å². The molecule has 1 aromatic rings. The summed E-state index contributed by atoms with van der Waals surface area (Å²) in [6.07, 6.45) is 6.69. The topological polar surface area (TPSA) is 23.8 Å². The lowest BCUT2D eigenvalue weighted by atomic mass is 9.86. The molecule has 1 nitrogen and oxygen atoms in total. The molecule has 71 valence electrons. The molecule has 0 amide bonds. The van der Waals surface area contributed by atoms with Gasteiger partial charge in [-0.2, -0.15) is 5.26 Å². The molecular weight excluding hydrogens is 170 g/mol. The second-order valence-electron chi connectivity index (χ2n) is 3.77. The second-order valence-corrected chi connectivity index (χ2v) is 3.77. The largest absolute Gasteiger partial charge is 0.192 e. The zero-order valence-electron chi connectivity index (χ0n) is 8.51. The molecule has 0 unspecified atom stereocenters. The fourth-order valence-electron chi connectivity index (χ4n) is 2.06. The Balaban J connectivity index is 2.54. The normalized spacial score (nSPS) is 14.6. The van der Waals surface area contributed by atoms with Crippen LogP contribution < -0.4 is 0 Å². The quantitative estimate of drug-likeness (QED) is 0.658. The van der Waals surface area contributed by atoms with Crippen molar-refractivity contribution in [3.05, 3.63) is 40.8 Å². The van der Waals surface area contributed by atoms with E-state index in [-0.39, 0.29) is 0 Å². The molecule has 2 rings (SSSR count). The van der Waals surface area contributed by atoms with Crippen LogP contribution in [0.4, 0.5) is 0 Å². The minimum atomic E-state index is 0.885. The van der Waals surface area contributed by atoms with Crippen molar-refractivity contribution in [2.75, 3.05) is 0 Å². The number of benzene rings is 1. The van der Waals surface area contributed by atoms with Crippen LogP contribution in [0, 0.1) is 17.8 Å². The van der Waals surface area contributed by atoms with Gasteiger partial charge in [0.1, 0.15) is 0 Å². The first-order valence-corrected chi connectivity index (χ1v) is 5.24. The average molecular weight is 184 g/mol. The van der Waals surface area contributed by atoms with E-state index in [1.165, 1.54) is 23.1 Å². The highest BCUT2D eigenvalue weighted by atomic mass is 14.3. The smallest absolute Gasteiger partial charge is 0.0994 e. The third-order valence-corrected chi connectivity index (χ3v) is 2.87.